The van der Waals surface area contributed by atoms with Gasteiger partial charge in [0.1, 0.15) is 5.82 Å². The lowest BCUT2D eigenvalue weighted by atomic mass is 10.1. The number of hydrogen-bond donors (Lipinski definition) is 1. The number of aryl methyl sites for hydroxylation is 1. The van der Waals surface area contributed by atoms with Crippen LogP contribution in [0, 0.1) is 5.82 Å². The molecule has 0 spiro atoms. The first kappa shape index (κ1) is 19.8. The third-order valence-corrected chi connectivity index (χ3v) is 6.41. The summed E-state index contributed by atoms with van der Waals surface area (Å²) < 4.78 is 40.1. The smallest absolute Gasteiger partial charge is 0.240 e. The number of sulfonamides is 1. The van der Waals surface area contributed by atoms with Crippen LogP contribution < -0.4 is 9.62 Å². The lowest BCUT2D eigenvalue weighted by Crippen LogP contribution is -2.25. The fourth-order valence-corrected chi connectivity index (χ4v) is 4.52. The first-order chi connectivity index (χ1) is 13.0. The van der Waals surface area contributed by atoms with E-state index in [0.717, 1.165) is 25.6 Å². The summed E-state index contributed by atoms with van der Waals surface area (Å²) >= 11 is 0. The molecule has 2 aromatic rings. The molecule has 3 rings (SSSR count). The standard InChI is InChI=1S/C21H27FN2O2S/c22-19-8-5-9-21(17-19)27(25,26)23-14-6-7-18-10-12-20(13-11-18)24-15-3-1-2-4-16-24/h5,8-13,17,23H,1-4,6-7,14-16H2. The van der Waals surface area contributed by atoms with Gasteiger partial charge >= 0.3 is 0 Å². The van der Waals surface area contributed by atoms with E-state index in [-0.39, 0.29) is 4.90 Å². The molecule has 146 valence electrons. The van der Waals surface area contributed by atoms with Crippen LogP contribution in [-0.2, 0) is 16.4 Å². The second kappa shape index (κ2) is 9.33. The summed E-state index contributed by atoms with van der Waals surface area (Å²) in [4.78, 5) is 2.41. The number of halogens is 1. The van der Waals surface area contributed by atoms with Crippen LogP contribution in [0.2, 0.25) is 0 Å². The van der Waals surface area contributed by atoms with Gasteiger partial charge in [-0.05, 0) is 61.6 Å². The summed E-state index contributed by atoms with van der Waals surface area (Å²) in [7, 11) is -3.66. The maximum absolute atomic E-state index is 13.2. The molecule has 1 fully saturated rings. The fourth-order valence-electron chi connectivity index (χ4n) is 3.42. The molecule has 1 aliphatic rings. The first-order valence-electron chi connectivity index (χ1n) is 9.64. The summed E-state index contributed by atoms with van der Waals surface area (Å²) in [5.74, 6) is -0.553. The molecule has 0 unspecified atom stereocenters. The molecule has 6 heteroatoms. The van der Waals surface area contributed by atoms with Crippen molar-refractivity contribution in [2.24, 2.45) is 0 Å². The Morgan fingerprint density at radius 1 is 0.963 bits per heavy atom. The van der Waals surface area contributed by atoms with Gasteiger partial charge in [-0.15, -0.1) is 0 Å². The lowest BCUT2D eigenvalue weighted by Gasteiger charge is -2.22. The molecule has 0 bridgehead atoms. The molecule has 2 aromatic carbocycles. The van der Waals surface area contributed by atoms with Crippen molar-refractivity contribution in [3.63, 3.8) is 0 Å². The Balaban J connectivity index is 1.47. The van der Waals surface area contributed by atoms with Crippen LogP contribution in [-0.4, -0.2) is 28.1 Å². The Bertz CT molecular complexity index is 830. The van der Waals surface area contributed by atoms with Crippen LogP contribution in [0.15, 0.2) is 53.4 Å². The van der Waals surface area contributed by atoms with Gasteiger partial charge in [0.15, 0.2) is 0 Å². The van der Waals surface area contributed by atoms with Crippen molar-refractivity contribution < 1.29 is 12.8 Å². The molecular formula is C21H27FN2O2S. The van der Waals surface area contributed by atoms with E-state index in [9.17, 15) is 12.8 Å². The number of hydrogen-bond acceptors (Lipinski definition) is 3. The zero-order chi connectivity index (χ0) is 19.1. The Kier molecular flexibility index (Phi) is 6.85. The third kappa shape index (κ3) is 5.78. The van der Waals surface area contributed by atoms with Gasteiger partial charge in [0.05, 0.1) is 4.90 Å². The molecule has 27 heavy (non-hydrogen) atoms. The van der Waals surface area contributed by atoms with Gasteiger partial charge in [-0.3, -0.25) is 0 Å². The number of nitrogens with zero attached hydrogens (tertiary/aromatic N) is 1. The molecule has 0 aromatic heterocycles. The highest BCUT2D eigenvalue weighted by atomic mass is 32.2. The van der Waals surface area contributed by atoms with E-state index in [1.165, 1.54) is 55.1 Å². The van der Waals surface area contributed by atoms with Crippen molar-refractivity contribution >= 4 is 15.7 Å². The summed E-state index contributed by atoms with van der Waals surface area (Å²) in [5, 5.41) is 0. The number of rotatable bonds is 7. The minimum Gasteiger partial charge on any atom is -0.372 e. The zero-order valence-electron chi connectivity index (χ0n) is 15.5. The number of benzene rings is 2. The van der Waals surface area contributed by atoms with E-state index in [1.807, 2.05) is 0 Å². The summed E-state index contributed by atoms with van der Waals surface area (Å²) in [6.07, 6.45) is 6.64. The maximum atomic E-state index is 13.2. The van der Waals surface area contributed by atoms with E-state index in [1.54, 1.807) is 0 Å². The highest BCUT2D eigenvalue weighted by Gasteiger charge is 2.14. The molecule has 1 heterocycles. The highest BCUT2D eigenvalue weighted by Crippen LogP contribution is 2.20. The third-order valence-electron chi connectivity index (χ3n) is 4.95. The number of anilines is 1. The van der Waals surface area contributed by atoms with E-state index >= 15 is 0 Å². The molecule has 1 N–H and O–H groups in total. The maximum Gasteiger partial charge on any atom is 0.240 e. The molecular weight excluding hydrogens is 363 g/mol. The predicted molar refractivity (Wildman–Crippen MR) is 107 cm³/mol. The van der Waals surface area contributed by atoms with Crippen molar-refractivity contribution in [1.29, 1.82) is 0 Å². The molecule has 0 amide bonds. The van der Waals surface area contributed by atoms with Gasteiger partial charge in [-0.1, -0.05) is 31.0 Å². The topological polar surface area (TPSA) is 49.4 Å². The average molecular weight is 391 g/mol. The normalized spacial score (nSPS) is 15.5. The Hall–Kier alpha value is -1.92. The molecule has 0 atom stereocenters. The van der Waals surface area contributed by atoms with Crippen molar-refractivity contribution in [1.82, 2.24) is 4.72 Å². The highest BCUT2D eigenvalue weighted by molar-refractivity contribution is 7.89. The van der Waals surface area contributed by atoms with Crippen LogP contribution in [0.25, 0.3) is 0 Å². The number of nitrogens with one attached hydrogen (secondary N) is 1. The van der Waals surface area contributed by atoms with E-state index in [4.69, 9.17) is 0 Å². The fraction of sp³-hybridized carbons (Fsp3) is 0.429. The van der Waals surface area contributed by atoms with Crippen LogP contribution in [0.3, 0.4) is 0 Å². The van der Waals surface area contributed by atoms with Crippen LogP contribution >= 0.6 is 0 Å². The van der Waals surface area contributed by atoms with Crippen molar-refractivity contribution in [3.8, 4) is 0 Å². The average Bonchev–Trinajstić information content (AvgIpc) is 2.95. The van der Waals surface area contributed by atoms with E-state index < -0.39 is 15.8 Å². The second-order valence-corrected chi connectivity index (χ2v) is 8.79. The quantitative estimate of drug-likeness (QED) is 0.724. The van der Waals surface area contributed by atoms with Crippen molar-refractivity contribution in [2.75, 3.05) is 24.5 Å². The van der Waals surface area contributed by atoms with Gasteiger partial charge in [-0.2, -0.15) is 0 Å². The summed E-state index contributed by atoms with van der Waals surface area (Å²) in [6.45, 7) is 2.58. The lowest BCUT2D eigenvalue weighted by molar-refractivity contribution is 0.575. The largest absolute Gasteiger partial charge is 0.372 e. The Morgan fingerprint density at radius 3 is 2.33 bits per heavy atom. The minimum absolute atomic E-state index is 0.0377. The van der Waals surface area contributed by atoms with Gasteiger partial charge in [0.2, 0.25) is 10.0 Å². The van der Waals surface area contributed by atoms with Gasteiger partial charge in [0.25, 0.3) is 0 Å². The predicted octanol–water partition coefficient (Wildman–Crippen LogP) is 4.12. The first-order valence-corrected chi connectivity index (χ1v) is 11.1. The van der Waals surface area contributed by atoms with Gasteiger partial charge in [-0.25, -0.2) is 17.5 Å². The van der Waals surface area contributed by atoms with Gasteiger partial charge in [0, 0.05) is 25.3 Å². The van der Waals surface area contributed by atoms with Crippen LogP contribution in [0.5, 0.6) is 0 Å². The molecule has 1 aliphatic heterocycles. The Morgan fingerprint density at radius 2 is 1.67 bits per heavy atom. The van der Waals surface area contributed by atoms with Crippen LogP contribution in [0.4, 0.5) is 10.1 Å². The molecule has 1 saturated heterocycles. The molecule has 0 aliphatic carbocycles. The summed E-state index contributed by atoms with van der Waals surface area (Å²) in [6, 6.07) is 13.6. The minimum atomic E-state index is -3.66. The van der Waals surface area contributed by atoms with E-state index in [0.29, 0.717) is 13.0 Å². The molecule has 4 nitrogen and oxygen atoms in total. The SMILES string of the molecule is O=S(=O)(NCCCc1ccc(N2CCCCCC2)cc1)c1cccc(F)c1. The van der Waals surface area contributed by atoms with Crippen LogP contribution in [0.1, 0.15) is 37.7 Å². The summed E-state index contributed by atoms with van der Waals surface area (Å²) in [5.41, 5.74) is 2.46. The van der Waals surface area contributed by atoms with E-state index in [2.05, 4.69) is 33.9 Å². The second-order valence-electron chi connectivity index (χ2n) is 7.03. The zero-order valence-corrected chi connectivity index (χ0v) is 16.3. The van der Waals surface area contributed by atoms with Crippen molar-refractivity contribution in [3.05, 3.63) is 59.9 Å². The van der Waals surface area contributed by atoms with Crippen molar-refractivity contribution in [2.45, 2.75) is 43.4 Å². The molecule has 0 radical (unpaired) electrons. The Labute approximate surface area is 161 Å². The van der Waals surface area contributed by atoms with Gasteiger partial charge < -0.3 is 4.90 Å². The monoisotopic (exact) mass is 390 g/mol. The molecule has 0 saturated carbocycles.